The molecular formula is C27H30FN7O5S. The number of nitrogens with zero attached hydrogens (tertiary/aromatic N) is 6. The third-order valence-corrected chi connectivity index (χ3v) is 9.94. The number of amides is 1. The van der Waals surface area contributed by atoms with Crippen molar-refractivity contribution in [3.05, 3.63) is 65.7 Å². The maximum absolute atomic E-state index is 13.5. The van der Waals surface area contributed by atoms with E-state index in [0.29, 0.717) is 5.69 Å². The highest BCUT2D eigenvalue weighted by molar-refractivity contribution is 7.89. The van der Waals surface area contributed by atoms with Crippen LogP contribution in [-0.2, 0) is 36.8 Å². The highest BCUT2D eigenvalue weighted by Crippen LogP contribution is 2.65. The van der Waals surface area contributed by atoms with Gasteiger partial charge in [-0.05, 0) is 60.4 Å². The molecule has 1 N–H and O–H groups in total. The first-order chi connectivity index (χ1) is 19.6. The van der Waals surface area contributed by atoms with E-state index in [9.17, 15) is 17.6 Å². The number of methoxy groups -OCH3 is 2. The minimum atomic E-state index is -3.92. The summed E-state index contributed by atoms with van der Waals surface area (Å²) in [6.45, 7) is 2.39. The van der Waals surface area contributed by atoms with Crippen molar-refractivity contribution in [1.29, 1.82) is 0 Å². The summed E-state index contributed by atoms with van der Waals surface area (Å²) in [6, 6.07) is 10.0. The molecule has 0 bridgehead atoms. The van der Waals surface area contributed by atoms with Gasteiger partial charge in [0.25, 0.3) is 10.0 Å². The summed E-state index contributed by atoms with van der Waals surface area (Å²) in [4.78, 5) is 14.7. The molecule has 0 unspecified atom stereocenters. The number of nitrogens with one attached hydrogen (secondary N) is 1. The van der Waals surface area contributed by atoms with Gasteiger partial charge in [-0.15, -0.1) is 5.10 Å². The number of hydrogen-bond acceptors (Lipinski definition) is 8. The van der Waals surface area contributed by atoms with Gasteiger partial charge in [-0.2, -0.15) is 19.3 Å². The number of aryl methyl sites for hydroxylation is 2. The molecule has 2 aromatic carbocycles. The molecule has 2 aliphatic rings. The largest absolute Gasteiger partial charge is 0.354 e. The Morgan fingerprint density at radius 1 is 1.17 bits per heavy atom. The fraction of sp³-hybridized carbons (Fsp3) is 0.407. The van der Waals surface area contributed by atoms with Crippen LogP contribution in [0.5, 0.6) is 0 Å². The lowest BCUT2D eigenvalue weighted by atomic mass is 9.88. The topological polar surface area (TPSA) is 133 Å². The molecule has 3 heterocycles. The predicted molar refractivity (Wildman–Crippen MR) is 145 cm³/mol. The molecule has 1 aliphatic carbocycles. The summed E-state index contributed by atoms with van der Waals surface area (Å²) < 4.78 is 54.0. The van der Waals surface area contributed by atoms with Crippen molar-refractivity contribution in [1.82, 2.24) is 34.4 Å². The molecule has 1 saturated carbocycles. The third kappa shape index (κ3) is 4.41. The van der Waals surface area contributed by atoms with Crippen LogP contribution in [-0.4, -0.2) is 83.5 Å². The molecule has 216 valence electrons. The van der Waals surface area contributed by atoms with Crippen molar-refractivity contribution in [2.24, 2.45) is 18.9 Å². The highest BCUT2D eigenvalue weighted by atomic mass is 32.2. The summed E-state index contributed by atoms with van der Waals surface area (Å²) in [5.41, 5.74) is 2.57. The molecule has 41 heavy (non-hydrogen) atoms. The van der Waals surface area contributed by atoms with Gasteiger partial charge in [-0.25, -0.2) is 17.5 Å². The first-order valence-electron chi connectivity index (χ1n) is 13.0. The standard InChI is InChI=1S/C27H30FN7O5S/c1-16-9-22-17(11-31-35(22)19-7-5-18(28)6-8-19)10-20(16)27-15-34(41(37,38)23-12-30-33(2)32-23)14-21(27)25(27)26(36)29-13-24(39-3)40-4/h5-12,21,24-25H,13-15H2,1-4H3,(H,29,36)/t21-,25+,27+/m0/s1. The Balaban J connectivity index is 1.38. The number of aromatic nitrogens is 5. The SMILES string of the molecule is COC(CNC(=O)[C@H]1[C@@H]2CN(S(=O)(=O)c3cnn(C)n3)C[C@@]21c1cc2cnn(-c3ccc(F)cc3)c2cc1C)OC. The van der Waals surface area contributed by atoms with E-state index in [1.54, 1.807) is 30.1 Å². The molecule has 1 saturated heterocycles. The maximum atomic E-state index is 13.5. The second-order valence-corrected chi connectivity index (χ2v) is 12.4. The maximum Gasteiger partial charge on any atom is 0.264 e. The normalized spacial score (nSPS) is 22.4. The quantitative estimate of drug-likeness (QED) is 0.293. The monoisotopic (exact) mass is 583 g/mol. The number of rotatable bonds is 9. The van der Waals surface area contributed by atoms with Gasteiger partial charge in [-0.3, -0.25) is 4.79 Å². The van der Waals surface area contributed by atoms with Crippen LogP contribution < -0.4 is 5.32 Å². The van der Waals surface area contributed by atoms with Gasteiger partial charge in [0.15, 0.2) is 6.29 Å². The van der Waals surface area contributed by atoms with E-state index in [-0.39, 0.29) is 42.3 Å². The van der Waals surface area contributed by atoms with E-state index in [0.717, 1.165) is 22.0 Å². The van der Waals surface area contributed by atoms with E-state index >= 15 is 0 Å². The van der Waals surface area contributed by atoms with E-state index in [4.69, 9.17) is 9.47 Å². The van der Waals surface area contributed by atoms with Gasteiger partial charge < -0.3 is 14.8 Å². The van der Waals surface area contributed by atoms with Crippen LogP contribution in [0.25, 0.3) is 16.6 Å². The van der Waals surface area contributed by atoms with Crippen molar-refractivity contribution in [3.8, 4) is 5.69 Å². The van der Waals surface area contributed by atoms with Gasteiger partial charge in [0.1, 0.15) is 5.82 Å². The Labute approximate surface area is 236 Å². The van der Waals surface area contributed by atoms with Crippen molar-refractivity contribution in [2.45, 2.75) is 23.7 Å². The number of benzene rings is 2. The first-order valence-corrected chi connectivity index (χ1v) is 14.5. The Morgan fingerprint density at radius 3 is 2.56 bits per heavy atom. The Hall–Kier alpha value is -3.72. The fourth-order valence-electron chi connectivity index (χ4n) is 6.23. The molecular weight excluding hydrogens is 553 g/mol. The van der Waals surface area contributed by atoms with E-state index in [2.05, 4.69) is 20.6 Å². The summed E-state index contributed by atoms with van der Waals surface area (Å²) >= 11 is 0. The zero-order valence-corrected chi connectivity index (χ0v) is 23.8. The molecule has 0 radical (unpaired) electrons. The van der Waals surface area contributed by atoms with Gasteiger partial charge in [-0.1, -0.05) is 0 Å². The molecule has 3 atom stereocenters. The number of piperidine rings is 1. The van der Waals surface area contributed by atoms with Crippen LogP contribution >= 0.6 is 0 Å². The minimum Gasteiger partial charge on any atom is -0.354 e. The lowest BCUT2D eigenvalue weighted by Crippen LogP contribution is -2.41. The van der Waals surface area contributed by atoms with Crippen molar-refractivity contribution < 1.29 is 27.1 Å². The smallest absolute Gasteiger partial charge is 0.264 e. The molecule has 4 aromatic rings. The second kappa shape index (κ2) is 9.98. The number of fused-ring (bicyclic) bond motifs is 2. The Kier molecular flexibility index (Phi) is 6.68. The molecule has 2 aromatic heterocycles. The number of hydrogen-bond donors (Lipinski definition) is 1. The first kappa shape index (κ1) is 27.4. The number of halogens is 1. The van der Waals surface area contributed by atoms with Gasteiger partial charge in [0.05, 0.1) is 36.1 Å². The van der Waals surface area contributed by atoms with Crippen molar-refractivity contribution in [2.75, 3.05) is 33.9 Å². The summed E-state index contributed by atoms with van der Waals surface area (Å²) in [5, 5.41) is 16.1. The summed E-state index contributed by atoms with van der Waals surface area (Å²) in [7, 11) is 0.623. The molecule has 1 aliphatic heterocycles. The van der Waals surface area contributed by atoms with Crippen LogP contribution in [0, 0.1) is 24.6 Å². The van der Waals surface area contributed by atoms with Crippen LogP contribution in [0.4, 0.5) is 4.39 Å². The van der Waals surface area contributed by atoms with E-state index < -0.39 is 27.6 Å². The number of sulfonamides is 1. The number of ether oxygens (including phenoxy) is 2. The van der Waals surface area contributed by atoms with Crippen LogP contribution in [0.1, 0.15) is 11.1 Å². The minimum absolute atomic E-state index is 0.116. The zero-order valence-electron chi connectivity index (χ0n) is 23.0. The van der Waals surface area contributed by atoms with E-state index in [1.807, 2.05) is 19.1 Å². The number of carbonyl (C=O) groups excluding carboxylic acids is 1. The van der Waals surface area contributed by atoms with Crippen LogP contribution in [0.3, 0.4) is 0 Å². The second-order valence-electron chi connectivity index (χ2n) is 10.5. The lowest BCUT2D eigenvalue weighted by molar-refractivity contribution is -0.129. The molecule has 1 amide bonds. The third-order valence-electron chi connectivity index (χ3n) is 8.27. The molecule has 0 spiro atoms. The fourth-order valence-corrected chi connectivity index (χ4v) is 7.64. The van der Waals surface area contributed by atoms with Gasteiger partial charge in [0, 0.05) is 45.2 Å². The van der Waals surface area contributed by atoms with Crippen molar-refractivity contribution in [3.63, 3.8) is 0 Å². The van der Waals surface area contributed by atoms with E-state index in [1.165, 1.54) is 41.7 Å². The summed E-state index contributed by atoms with van der Waals surface area (Å²) in [6.07, 6.45) is 2.35. The molecule has 6 rings (SSSR count). The van der Waals surface area contributed by atoms with Crippen molar-refractivity contribution >= 4 is 26.8 Å². The predicted octanol–water partition coefficient (Wildman–Crippen LogP) is 1.52. The van der Waals surface area contributed by atoms with Gasteiger partial charge in [0.2, 0.25) is 10.9 Å². The molecule has 12 nitrogen and oxygen atoms in total. The zero-order chi connectivity index (χ0) is 29.1. The average molecular weight is 584 g/mol. The average Bonchev–Trinajstić information content (AvgIpc) is 3.37. The lowest BCUT2D eigenvalue weighted by Gasteiger charge is -2.24. The Bertz CT molecular complexity index is 1730. The summed E-state index contributed by atoms with van der Waals surface area (Å²) in [5.74, 6) is -1.22. The number of carbonyl (C=O) groups is 1. The molecule has 2 fully saturated rings. The highest BCUT2D eigenvalue weighted by Gasteiger charge is 2.74. The molecule has 14 heteroatoms. The van der Waals surface area contributed by atoms with Crippen LogP contribution in [0.2, 0.25) is 0 Å². The Morgan fingerprint density at radius 2 is 1.90 bits per heavy atom. The van der Waals surface area contributed by atoms with Gasteiger partial charge >= 0.3 is 0 Å². The van der Waals surface area contributed by atoms with Crippen LogP contribution in [0.15, 0.2) is 53.8 Å².